The first-order chi connectivity index (χ1) is 34.6. The number of ether oxygens (including phenoxy) is 4. The number of alkyl halides is 3. The normalized spacial score (nSPS) is 18.5. The number of piperidine rings is 3. The molecule has 3 fully saturated rings. The summed E-state index contributed by atoms with van der Waals surface area (Å²) in [5.74, 6) is -0.419. The highest BCUT2D eigenvalue weighted by Gasteiger charge is 2.45. The Morgan fingerprint density at radius 3 is 2.32 bits per heavy atom. The first kappa shape index (κ1) is 49.7. The third-order valence-corrected chi connectivity index (χ3v) is 13.6. The molecule has 0 saturated carbocycles. The lowest BCUT2D eigenvalue weighted by molar-refractivity contribution is -0.138. The largest absolute Gasteiger partial charge is 0.487 e. The summed E-state index contributed by atoms with van der Waals surface area (Å²) in [4.78, 5) is 78.7. The molecule has 9 rings (SSSR count). The van der Waals surface area contributed by atoms with Gasteiger partial charge in [-0.2, -0.15) is 13.2 Å². The number of nitrogens with one attached hydrogen (secondary N) is 3. The summed E-state index contributed by atoms with van der Waals surface area (Å²) in [6.45, 7) is 7.00. The molecule has 5 amide bonds. The number of fused-ring (bicyclic) bond motifs is 2. The summed E-state index contributed by atoms with van der Waals surface area (Å²) in [7, 11) is 1.57. The number of rotatable bonds is 15. The van der Waals surface area contributed by atoms with Crippen LogP contribution in [-0.2, 0) is 31.8 Å². The molecule has 4 aliphatic rings. The molecular formula is C52H55F3N8O9. The standard InChI is InChI=1S/C52H55F3N8O9/c1-30(33-23-34(52(53,54)55)25-35(24-33)59-51(68)71-29-32-7-5-4-6-8-32)56-47-41-27-44(70-22-21-69-3)45(28-42(41)57-31(2)58-47)72-38-15-19-61(20-16-38)36-13-17-62(18-14-36)37-9-10-39-40(26-37)50(67)63(49(39)66)43-11-12-46(64)60-48(43)65/h4-10,23-28,30,36,38,43H,11-22,29H2,1-3H3,(H,59,68)(H,56,57,58)(H,60,64,65)/t30-,43?/m1/s1. The number of aryl methyl sites for hydroxylation is 1. The lowest BCUT2D eigenvalue weighted by Crippen LogP contribution is -2.54. The van der Waals surface area contributed by atoms with Crippen molar-refractivity contribution in [3.8, 4) is 11.5 Å². The summed E-state index contributed by atoms with van der Waals surface area (Å²) >= 11 is 0. The molecule has 1 aromatic heterocycles. The van der Waals surface area contributed by atoms with E-state index >= 15 is 0 Å². The monoisotopic (exact) mass is 992 g/mol. The molecular weight excluding hydrogens is 938 g/mol. The minimum atomic E-state index is -4.70. The van der Waals surface area contributed by atoms with E-state index in [0.717, 1.165) is 80.1 Å². The average Bonchev–Trinajstić information content (AvgIpc) is 3.61. The van der Waals surface area contributed by atoms with Crippen LogP contribution in [0.4, 0.5) is 35.2 Å². The number of aromatic nitrogens is 2. The van der Waals surface area contributed by atoms with Crippen LogP contribution in [0.15, 0.2) is 78.9 Å². The quantitative estimate of drug-likeness (QED) is 0.0679. The highest BCUT2D eigenvalue weighted by Crippen LogP contribution is 2.39. The van der Waals surface area contributed by atoms with E-state index < -0.39 is 53.5 Å². The zero-order chi connectivity index (χ0) is 50.7. The number of hydrogen-bond acceptors (Lipinski definition) is 14. The van der Waals surface area contributed by atoms with Crippen molar-refractivity contribution in [3.05, 3.63) is 113 Å². The van der Waals surface area contributed by atoms with E-state index in [-0.39, 0.29) is 54.5 Å². The molecule has 1 unspecified atom stereocenters. The van der Waals surface area contributed by atoms with Crippen LogP contribution in [0.5, 0.6) is 11.5 Å². The predicted molar refractivity (Wildman–Crippen MR) is 259 cm³/mol. The number of imide groups is 2. The number of methoxy groups -OCH3 is 1. The number of nitrogens with zero attached hydrogens (tertiary/aromatic N) is 5. The fraction of sp³-hybridized carbons (Fsp3) is 0.404. The Morgan fingerprint density at radius 1 is 0.847 bits per heavy atom. The molecule has 5 heterocycles. The van der Waals surface area contributed by atoms with E-state index in [1.807, 2.05) is 12.1 Å². The van der Waals surface area contributed by atoms with Gasteiger partial charge >= 0.3 is 12.3 Å². The topological polar surface area (TPSA) is 194 Å². The summed E-state index contributed by atoms with van der Waals surface area (Å²) in [6.07, 6.45) is -2.28. The van der Waals surface area contributed by atoms with Crippen molar-refractivity contribution in [2.24, 2.45) is 0 Å². The third-order valence-electron chi connectivity index (χ3n) is 13.6. The van der Waals surface area contributed by atoms with Crippen molar-refractivity contribution in [1.29, 1.82) is 0 Å². The minimum Gasteiger partial charge on any atom is -0.487 e. The lowest BCUT2D eigenvalue weighted by Gasteiger charge is -2.42. The van der Waals surface area contributed by atoms with E-state index in [2.05, 4.69) is 30.7 Å². The zero-order valence-electron chi connectivity index (χ0n) is 40.1. The molecule has 0 radical (unpaired) electrons. The van der Waals surface area contributed by atoms with Gasteiger partial charge in [0.1, 0.15) is 37.0 Å². The van der Waals surface area contributed by atoms with E-state index in [9.17, 15) is 37.1 Å². The Hall–Kier alpha value is -7.32. The number of likely N-dealkylation sites (tertiary alicyclic amines) is 1. The Balaban J connectivity index is 0.839. The number of carbonyl (C=O) groups excluding carboxylic acids is 5. The molecule has 4 aromatic carbocycles. The van der Waals surface area contributed by atoms with Crippen LogP contribution in [0, 0.1) is 6.92 Å². The summed E-state index contributed by atoms with van der Waals surface area (Å²) in [5, 5.41) is 8.51. The van der Waals surface area contributed by atoms with Crippen LogP contribution < -0.4 is 30.3 Å². The molecule has 0 aliphatic carbocycles. The maximum atomic E-state index is 14.2. The Labute approximate surface area is 413 Å². The van der Waals surface area contributed by atoms with Crippen molar-refractivity contribution in [3.63, 3.8) is 0 Å². The molecule has 378 valence electrons. The fourth-order valence-electron chi connectivity index (χ4n) is 9.79. The van der Waals surface area contributed by atoms with E-state index in [0.29, 0.717) is 46.7 Å². The van der Waals surface area contributed by atoms with Crippen LogP contribution in [0.1, 0.15) is 94.7 Å². The van der Waals surface area contributed by atoms with Gasteiger partial charge in [-0.25, -0.2) is 14.8 Å². The summed E-state index contributed by atoms with van der Waals surface area (Å²) in [6, 6.07) is 19.7. The molecule has 0 bridgehead atoms. The molecule has 4 aliphatic heterocycles. The van der Waals surface area contributed by atoms with Gasteiger partial charge in [0, 0.05) is 68.6 Å². The van der Waals surface area contributed by atoms with Gasteiger partial charge in [-0.1, -0.05) is 30.3 Å². The van der Waals surface area contributed by atoms with Crippen molar-refractivity contribution in [1.82, 2.24) is 25.1 Å². The van der Waals surface area contributed by atoms with Gasteiger partial charge in [0.05, 0.1) is 34.9 Å². The van der Waals surface area contributed by atoms with E-state index in [1.165, 1.54) is 6.07 Å². The van der Waals surface area contributed by atoms with Crippen LogP contribution in [0.25, 0.3) is 10.9 Å². The first-order valence-electron chi connectivity index (χ1n) is 24.0. The third kappa shape index (κ3) is 11.1. The van der Waals surface area contributed by atoms with Crippen molar-refractivity contribution in [2.45, 2.75) is 89.4 Å². The molecule has 3 saturated heterocycles. The highest BCUT2D eigenvalue weighted by atomic mass is 19.4. The van der Waals surface area contributed by atoms with Gasteiger partial charge in [-0.15, -0.1) is 0 Å². The maximum Gasteiger partial charge on any atom is 0.416 e. The molecule has 2 atom stereocenters. The molecule has 17 nitrogen and oxygen atoms in total. The zero-order valence-corrected chi connectivity index (χ0v) is 40.1. The Bertz CT molecular complexity index is 2870. The SMILES string of the molecule is COCCOc1cc2c(N[C@H](C)c3cc(NC(=O)OCc4ccccc4)cc(C(F)(F)F)c3)nc(C)nc2cc1OC1CCN(C2CCN(c3ccc4c(c3)C(=O)N(C3CCC(=O)NC3=O)C4=O)CC2)CC1. The number of amides is 5. The highest BCUT2D eigenvalue weighted by molar-refractivity contribution is 6.23. The smallest absolute Gasteiger partial charge is 0.416 e. The fourth-order valence-corrected chi connectivity index (χ4v) is 9.79. The van der Waals surface area contributed by atoms with E-state index in [4.69, 9.17) is 23.9 Å². The second kappa shape index (κ2) is 21.2. The maximum absolute atomic E-state index is 14.2. The molecule has 20 heteroatoms. The van der Waals surface area contributed by atoms with Crippen molar-refractivity contribution < 1.29 is 56.1 Å². The molecule has 72 heavy (non-hydrogen) atoms. The van der Waals surface area contributed by atoms with E-state index in [1.54, 1.807) is 69.5 Å². The van der Waals surface area contributed by atoms with Crippen molar-refractivity contribution in [2.75, 3.05) is 62.0 Å². The second-order valence-corrected chi connectivity index (χ2v) is 18.4. The molecule has 5 aromatic rings. The Kier molecular flexibility index (Phi) is 14.6. The van der Waals surface area contributed by atoms with Gasteiger partial charge in [-0.3, -0.25) is 39.6 Å². The van der Waals surface area contributed by atoms with Crippen LogP contribution in [0.2, 0.25) is 0 Å². The number of benzene rings is 4. The van der Waals surface area contributed by atoms with Crippen LogP contribution >= 0.6 is 0 Å². The second-order valence-electron chi connectivity index (χ2n) is 18.4. The number of hydrogen-bond donors (Lipinski definition) is 3. The van der Waals surface area contributed by atoms with Gasteiger partial charge < -0.3 is 29.2 Å². The average molecular weight is 993 g/mol. The number of halogens is 3. The number of anilines is 3. The molecule has 0 spiro atoms. The van der Waals surface area contributed by atoms with Gasteiger partial charge in [0.15, 0.2) is 11.5 Å². The van der Waals surface area contributed by atoms with Gasteiger partial charge in [0.2, 0.25) is 11.8 Å². The first-order valence-corrected chi connectivity index (χ1v) is 24.0. The number of carbonyl (C=O) groups is 5. The summed E-state index contributed by atoms with van der Waals surface area (Å²) < 4.78 is 66.1. The van der Waals surface area contributed by atoms with Crippen molar-refractivity contribution >= 4 is 57.8 Å². The van der Waals surface area contributed by atoms with Crippen LogP contribution in [0.3, 0.4) is 0 Å². The predicted octanol–water partition coefficient (Wildman–Crippen LogP) is 7.82. The van der Waals surface area contributed by atoms with Crippen LogP contribution in [-0.4, -0.2) is 114 Å². The van der Waals surface area contributed by atoms with Gasteiger partial charge in [0.25, 0.3) is 11.8 Å². The summed E-state index contributed by atoms with van der Waals surface area (Å²) in [5.41, 5.74) is 1.81. The minimum absolute atomic E-state index is 0.0576. The van der Waals surface area contributed by atoms with Gasteiger partial charge in [-0.05, 0) is 99.5 Å². The Morgan fingerprint density at radius 2 is 1.60 bits per heavy atom. The molecule has 3 N–H and O–H groups in total. The lowest BCUT2D eigenvalue weighted by atomic mass is 9.98.